The number of amides is 2. The Bertz CT molecular complexity index is 1080. The molecule has 1 heterocycles. The van der Waals surface area contributed by atoms with Crippen molar-refractivity contribution in [3.05, 3.63) is 98.3 Å². The smallest absolute Gasteiger partial charge is 0.401 e. The third-order valence-electron chi connectivity index (χ3n) is 3.71. The summed E-state index contributed by atoms with van der Waals surface area (Å²) in [5.41, 5.74) is 0.717. The lowest BCUT2D eigenvalue weighted by molar-refractivity contribution is -0.402. The summed E-state index contributed by atoms with van der Waals surface area (Å²) in [6.45, 7) is 0. The Kier molecular flexibility index (Phi) is 6.20. The minimum absolute atomic E-state index is 0.0472. The highest BCUT2D eigenvalue weighted by Gasteiger charge is 2.17. The second-order valence-corrected chi connectivity index (χ2v) is 6.69. The summed E-state index contributed by atoms with van der Waals surface area (Å²) in [4.78, 5) is 35.4. The monoisotopic (exact) mass is 455 g/mol. The molecule has 0 saturated heterocycles. The van der Waals surface area contributed by atoms with Crippen LogP contribution in [0.25, 0.3) is 6.08 Å². The van der Waals surface area contributed by atoms with E-state index in [1.165, 1.54) is 12.1 Å². The van der Waals surface area contributed by atoms with Crippen LogP contribution in [0.4, 0.5) is 11.6 Å². The maximum atomic E-state index is 12.7. The molecule has 0 bridgehead atoms. The van der Waals surface area contributed by atoms with E-state index in [0.29, 0.717) is 11.3 Å². The summed E-state index contributed by atoms with van der Waals surface area (Å²) in [6, 6.07) is 17.7. The van der Waals surface area contributed by atoms with Gasteiger partial charge in [0.2, 0.25) is 0 Å². The zero-order valence-electron chi connectivity index (χ0n) is 14.8. The van der Waals surface area contributed by atoms with Crippen molar-refractivity contribution in [2.45, 2.75) is 0 Å². The first-order valence-electron chi connectivity index (χ1n) is 8.31. The molecule has 0 fully saturated rings. The van der Waals surface area contributed by atoms with Gasteiger partial charge in [-0.1, -0.05) is 34.1 Å². The molecule has 0 atom stereocenters. The van der Waals surface area contributed by atoms with Gasteiger partial charge in [-0.05, 0) is 42.5 Å². The lowest BCUT2D eigenvalue weighted by Crippen LogP contribution is -2.30. The number of furan rings is 1. The average Bonchev–Trinajstić information content (AvgIpc) is 3.17. The summed E-state index contributed by atoms with van der Waals surface area (Å²) in [6.07, 6.45) is 1.22. The first-order valence-corrected chi connectivity index (χ1v) is 9.11. The molecule has 0 radical (unpaired) electrons. The normalized spacial score (nSPS) is 11.0. The zero-order valence-corrected chi connectivity index (χ0v) is 16.4. The molecule has 146 valence electrons. The van der Waals surface area contributed by atoms with Crippen LogP contribution in [0.2, 0.25) is 0 Å². The van der Waals surface area contributed by atoms with Crippen molar-refractivity contribution in [3.63, 3.8) is 0 Å². The zero-order chi connectivity index (χ0) is 20.8. The molecule has 0 aliphatic rings. The number of anilines is 1. The highest BCUT2D eigenvalue weighted by Crippen LogP contribution is 2.19. The minimum atomic E-state index is -0.693. The number of nitrogens with one attached hydrogen (secondary N) is 2. The summed E-state index contributed by atoms with van der Waals surface area (Å²) in [5, 5.41) is 16.0. The molecule has 3 aromatic rings. The Morgan fingerprint density at radius 2 is 1.69 bits per heavy atom. The van der Waals surface area contributed by atoms with Crippen LogP contribution in [-0.2, 0) is 4.79 Å². The quantitative estimate of drug-likeness (QED) is 0.325. The van der Waals surface area contributed by atoms with Gasteiger partial charge in [-0.3, -0.25) is 19.7 Å². The second kappa shape index (κ2) is 8.98. The van der Waals surface area contributed by atoms with E-state index in [1.807, 2.05) is 0 Å². The SMILES string of the molecule is O=C(Nc1ccccc1)C(=Cc1ccc([N+](=O)[O-])o1)NC(=O)c1ccc(Br)cc1. The van der Waals surface area contributed by atoms with E-state index in [1.54, 1.807) is 54.6 Å². The van der Waals surface area contributed by atoms with E-state index >= 15 is 0 Å². The van der Waals surface area contributed by atoms with Crippen molar-refractivity contribution in [1.29, 1.82) is 0 Å². The molecule has 3 rings (SSSR count). The number of para-hydroxylation sites is 1. The molecule has 2 N–H and O–H groups in total. The highest BCUT2D eigenvalue weighted by atomic mass is 79.9. The van der Waals surface area contributed by atoms with Gasteiger partial charge in [0.25, 0.3) is 11.8 Å². The number of carbonyl (C=O) groups excluding carboxylic acids is 2. The maximum absolute atomic E-state index is 12.7. The first-order chi connectivity index (χ1) is 13.9. The Balaban J connectivity index is 1.88. The van der Waals surface area contributed by atoms with Gasteiger partial charge in [-0.25, -0.2) is 0 Å². The Morgan fingerprint density at radius 1 is 1.00 bits per heavy atom. The molecular weight excluding hydrogens is 442 g/mol. The van der Waals surface area contributed by atoms with Crippen molar-refractivity contribution >= 4 is 45.4 Å². The molecule has 0 aliphatic heterocycles. The number of benzene rings is 2. The predicted molar refractivity (Wildman–Crippen MR) is 110 cm³/mol. The molecule has 8 nitrogen and oxygen atoms in total. The molecule has 2 aromatic carbocycles. The van der Waals surface area contributed by atoms with Crippen LogP contribution < -0.4 is 10.6 Å². The fourth-order valence-electron chi connectivity index (χ4n) is 2.33. The van der Waals surface area contributed by atoms with E-state index in [0.717, 1.165) is 10.5 Å². The lowest BCUT2D eigenvalue weighted by Gasteiger charge is -2.11. The number of nitro groups is 1. The van der Waals surface area contributed by atoms with Crippen LogP contribution in [0, 0.1) is 10.1 Å². The number of nitrogens with zero attached hydrogens (tertiary/aromatic N) is 1. The Labute approximate surface area is 173 Å². The molecule has 0 spiro atoms. The maximum Gasteiger partial charge on any atom is 0.433 e. The molecule has 29 heavy (non-hydrogen) atoms. The average molecular weight is 456 g/mol. The van der Waals surface area contributed by atoms with Gasteiger partial charge in [-0.15, -0.1) is 0 Å². The van der Waals surface area contributed by atoms with Gasteiger partial charge in [-0.2, -0.15) is 0 Å². The molecule has 0 unspecified atom stereocenters. The van der Waals surface area contributed by atoms with E-state index in [-0.39, 0.29) is 11.5 Å². The predicted octanol–water partition coefficient (Wildman–Crippen LogP) is 4.36. The lowest BCUT2D eigenvalue weighted by atomic mass is 10.2. The molecule has 2 amide bonds. The van der Waals surface area contributed by atoms with Crippen LogP contribution in [0.5, 0.6) is 0 Å². The van der Waals surface area contributed by atoms with Crippen LogP contribution in [-0.4, -0.2) is 16.7 Å². The molecule has 1 aromatic heterocycles. The van der Waals surface area contributed by atoms with Gasteiger partial charge in [0.05, 0.1) is 6.07 Å². The Hall–Kier alpha value is -3.72. The minimum Gasteiger partial charge on any atom is -0.401 e. The number of carbonyl (C=O) groups is 2. The standard InChI is InChI=1S/C20H14BrN3O5/c21-14-8-6-13(7-9-14)19(25)23-17(12-16-10-11-18(29-16)24(27)28)20(26)22-15-4-2-1-3-5-15/h1-12H,(H,22,26)(H,23,25). The van der Waals surface area contributed by atoms with Gasteiger partial charge in [0, 0.05) is 21.8 Å². The summed E-state index contributed by atoms with van der Waals surface area (Å²) in [7, 11) is 0. The van der Waals surface area contributed by atoms with Crippen molar-refractivity contribution in [1.82, 2.24) is 5.32 Å². The third-order valence-corrected chi connectivity index (χ3v) is 4.24. The van der Waals surface area contributed by atoms with Crippen LogP contribution in [0.15, 0.2) is 81.3 Å². The number of hydrogen-bond donors (Lipinski definition) is 2. The van der Waals surface area contributed by atoms with E-state index < -0.39 is 22.6 Å². The highest BCUT2D eigenvalue weighted by molar-refractivity contribution is 9.10. The van der Waals surface area contributed by atoms with Crippen molar-refractivity contribution in [2.24, 2.45) is 0 Å². The van der Waals surface area contributed by atoms with E-state index in [2.05, 4.69) is 26.6 Å². The fraction of sp³-hybridized carbons (Fsp3) is 0. The van der Waals surface area contributed by atoms with E-state index in [9.17, 15) is 19.7 Å². The topological polar surface area (TPSA) is 114 Å². The molecule has 0 saturated carbocycles. The van der Waals surface area contributed by atoms with Crippen LogP contribution in [0.3, 0.4) is 0 Å². The van der Waals surface area contributed by atoms with Crippen LogP contribution >= 0.6 is 15.9 Å². The van der Waals surface area contributed by atoms with Gasteiger partial charge >= 0.3 is 5.88 Å². The molecule has 9 heteroatoms. The van der Waals surface area contributed by atoms with E-state index in [4.69, 9.17) is 4.42 Å². The second-order valence-electron chi connectivity index (χ2n) is 5.77. The van der Waals surface area contributed by atoms with Gasteiger partial charge < -0.3 is 15.1 Å². The first kappa shape index (κ1) is 20.0. The van der Waals surface area contributed by atoms with Crippen molar-refractivity contribution < 1.29 is 18.9 Å². The largest absolute Gasteiger partial charge is 0.433 e. The number of halogens is 1. The molecular formula is C20H14BrN3O5. The number of hydrogen-bond acceptors (Lipinski definition) is 5. The van der Waals surface area contributed by atoms with Gasteiger partial charge in [0.15, 0.2) is 0 Å². The third kappa shape index (κ3) is 5.39. The van der Waals surface area contributed by atoms with Crippen molar-refractivity contribution in [3.8, 4) is 0 Å². The van der Waals surface area contributed by atoms with Crippen LogP contribution in [0.1, 0.15) is 16.1 Å². The summed E-state index contributed by atoms with van der Waals surface area (Å²) < 4.78 is 5.87. The Morgan fingerprint density at radius 3 is 2.31 bits per heavy atom. The van der Waals surface area contributed by atoms with Gasteiger partial charge in [0.1, 0.15) is 16.4 Å². The van der Waals surface area contributed by atoms with Crippen molar-refractivity contribution in [2.75, 3.05) is 5.32 Å². The fourth-order valence-corrected chi connectivity index (χ4v) is 2.60. The number of rotatable bonds is 6. The summed E-state index contributed by atoms with van der Waals surface area (Å²) >= 11 is 3.29. The molecule has 0 aliphatic carbocycles. The summed E-state index contributed by atoms with van der Waals surface area (Å²) in [5.74, 6) is -1.56.